The van der Waals surface area contributed by atoms with Crippen molar-refractivity contribution in [2.24, 2.45) is 7.05 Å². The fraction of sp³-hybridized carbons (Fsp3) is 0.217. The Labute approximate surface area is 174 Å². The van der Waals surface area contributed by atoms with E-state index in [-0.39, 0.29) is 5.91 Å². The van der Waals surface area contributed by atoms with E-state index in [1.54, 1.807) is 16.9 Å². The third kappa shape index (κ3) is 3.18. The average Bonchev–Trinajstić information content (AvgIpc) is 3.46. The molecule has 7 heteroatoms. The topological polar surface area (TPSA) is 89.9 Å². The first kappa shape index (κ1) is 18.3. The first-order valence-electron chi connectivity index (χ1n) is 10.0. The zero-order valence-corrected chi connectivity index (χ0v) is 16.7. The number of carbonyl (C=O) groups is 1. The van der Waals surface area contributed by atoms with Gasteiger partial charge in [-0.05, 0) is 36.1 Å². The number of anilines is 1. The van der Waals surface area contributed by atoms with Crippen LogP contribution in [-0.4, -0.2) is 43.6 Å². The number of aryl methyl sites for hydroxylation is 1. The Bertz CT molecular complexity index is 1240. The minimum Gasteiger partial charge on any atom is -0.383 e. The van der Waals surface area contributed by atoms with Crippen LogP contribution >= 0.6 is 0 Å². The Morgan fingerprint density at radius 1 is 0.967 bits per heavy atom. The molecule has 1 aromatic carbocycles. The number of pyridine rings is 2. The van der Waals surface area contributed by atoms with Crippen LogP contribution in [0.25, 0.3) is 33.2 Å². The monoisotopic (exact) mass is 398 g/mol. The Morgan fingerprint density at radius 3 is 2.40 bits per heavy atom. The van der Waals surface area contributed by atoms with Gasteiger partial charge in [0, 0.05) is 49.0 Å². The molecule has 1 aliphatic heterocycles. The molecule has 2 N–H and O–H groups in total. The van der Waals surface area contributed by atoms with Crippen molar-refractivity contribution >= 4 is 22.6 Å². The molecule has 0 radical (unpaired) electrons. The second kappa shape index (κ2) is 7.26. The van der Waals surface area contributed by atoms with E-state index in [9.17, 15) is 4.79 Å². The summed E-state index contributed by atoms with van der Waals surface area (Å²) in [7, 11) is 1.90. The molecule has 0 spiro atoms. The summed E-state index contributed by atoms with van der Waals surface area (Å²) in [5, 5.41) is 4.98. The van der Waals surface area contributed by atoms with Gasteiger partial charge < -0.3 is 10.6 Å². The van der Waals surface area contributed by atoms with E-state index in [0.717, 1.165) is 53.6 Å². The number of hydrogen-bond donors (Lipinski definition) is 1. The number of aromatic nitrogens is 4. The molecule has 4 aromatic rings. The van der Waals surface area contributed by atoms with Gasteiger partial charge in [0.2, 0.25) is 0 Å². The lowest BCUT2D eigenvalue weighted by atomic mass is 10.0. The van der Waals surface area contributed by atoms with Crippen LogP contribution < -0.4 is 5.73 Å². The second-order valence-corrected chi connectivity index (χ2v) is 7.63. The molecule has 150 valence electrons. The molecule has 1 amide bonds. The first-order valence-corrected chi connectivity index (χ1v) is 10.0. The number of likely N-dealkylation sites (tertiary alicyclic amines) is 1. The standard InChI is InChI=1S/C23H22N6O/c1-28-14-17(12-26-28)15-4-6-16(7-5-15)19-13-25-22(24)18-8-9-20(27-21(18)19)23(30)29-10-2-3-11-29/h4-9,12-14H,2-3,10-11H2,1H3,(H2,24,25). The van der Waals surface area contributed by atoms with Crippen LogP contribution in [0.5, 0.6) is 0 Å². The molecule has 4 heterocycles. The molecule has 30 heavy (non-hydrogen) atoms. The molecule has 0 saturated carbocycles. The molecule has 0 bridgehead atoms. The molecule has 0 aliphatic carbocycles. The van der Waals surface area contributed by atoms with E-state index in [0.29, 0.717) is 17.0 Å². The van der Waals surface area contributed by atoms with E-state index >= 15 is 0 Å². The lowest BCUT2D eigenvalue weighted by Gasteiger charge is -2.15. The number of benzene rings is 1. The smallest absolute Gasteiger partial charge is 0.272 e. The van der Waals surface area contributed by atoms with Crippen LogP contribution in [0, 0.1) is 0 Å². The minimum absolute atomic E-state index is 0.0253. The second-order valence-electron chi connectivity index (χ2n) is 7.63. The van der Waals surface area contributed by atoms with Crippen LogP contribution in [-0.2, 0) is 7.05 Å². The van der Waals surface area contributed by atoms with Crippen LogP contribution in [0.15, 0.2) is 55.0 Å². The highest BCUT2D eigenvalue weighted by atomic mass is 16.2. The van der Waals surface area contributed by atoms with Gasteiger partial charge in [-0.25, -0.2) is 9.97 Å². The number of nitrogen functional groups attached to an aromatic ring is 1. The number of hydrogen-bond acceptors (Lipinski definition) is 5. The number of rotatable bonds is 3. The van der Waals surface area contributed by atoms with Crippen molar-refractivity contribution < 1.29 is 4.79 Å². The zero-order chi connectivity index (χ0) is 20.7. The quantitative estimate of drug-likeness (QED) is 0.570. The Kier molecular flexibility index (Phi) is 4.43. The number of nitrogens with two attached hydrogens (primary N) is 1. The molecule has 3 aromatic heterocycles. The molecule has 0 atom stereocenters. The normalized spacial score (nSPS) is 13.8. The molecule has 7 nitrogen and oxygen atoms in total. The maximum atomic E-state index is 12.8. The van der Waals surface area contributed by atoms with Gasteiger partial charge in [-0.15, -0.1) is 0 Å². The lowest BCUT2D eigenvalue weighted by Crippen LogP contribution is -2.28. The SMILES string of the molecule is Cn1cc(-c2ccc(-c3cnc(N)c4ccc(C(=O)N5CCCC5)nc34)cc2)cn1. The Balaban J connectivity index is 1.57. The fourth-order valence-electron chi connectivity index (χ4n) is 3.96. The molecule has 1 saturated heterocycles. The largest absolute Gasteiger partial charge is 0.383 e. The van der Waals surface area contributed by atoms with Gasteiger partial charge >= 0.3 is 0 Å². The van der Waals surface area contributed by atoms with Gasteiger partial charge in [0.05, 0.1) is 11.7 Å². The molecule has 1 fully saturated rings. The summed E-state index contributed by atoms with van der Waals surface area (Å²) in [6.07, 6.45) is 7.64. The number of carbonyl (C=O) groups excluding carboxylic acids is 1. The molecule has 0 unspecified atom stereocenters. The van der Waals surface area contributed by atoms with Crippen molar-refractivity contribution in [2.75, 3.05) is 18.8 Å². The van der Waals surface area contributed by atoms with Crippen LogP contribution in [0.4, 0.5) is 5.82 Å². The lowest BCUT2D eigenvalue weighted by molar-refractivity contribution is 0.0787. The summed E-state index contributed by atoms with van der Waals surface area (Å²) < 4.78 is 1.78. The number of nitrogens with zero attached hydrogens (tertiary/aromatic N) is 5. The van der Waals surface area contributed by atoms with Crippen molar-refractivity contribution in [3.8, 4) is 22.3 Å². The summed E-state index contributed by atoms with van der Waals surface area (Å²) in [5.41, 5.74) is 11.2. The summed E-state index contributed by atoms with van der Waals surface area (Å²) in [4.78, 5) is 23.8. The highest BCUT2D eigenvalue weighted by Gasteiger charge is 2.21. The highest BCUT2D eigenvalue weighted by Crippen LogP contribution is 2.31. The van der Waals surface area contributed by atoms with E-state index in [1.165, 1.54) is 0 Å². The van der Waals surface area contributed by atoms with E-state index in [1.807, 2.05) is 54.7 Å². The first-order chi connectivity index (χ1) is 14.6. The van der Waals surface area contributed by atoms with Crippen molar-refractivity contribution in [1.29, 1.82) is 0 Å². The van der Waals surface area contributed by atoms with E-state index < -0.39 is 0 Å². The van der Waals surface area contributed by atoms with Gasteiger partial charge in [-0.2, -0.15) is 5.10 Å². The van der Waals surface area contributed by atoms with Crippen molar-refractivity contribution in [3.05, 3.63) is 60.7 Å². The van der Waals surface area contributed by atoms with Crippen LogP contribution in [0.1, 0.15) is 23.3 Å². The highest BCUT2D eigenvalue weighted by molar-refractivity contribution is 6.02. The summed E-state index contributed by atoms with van der Waals surface area (Å²) >= 11 is 0. The van der Waals surface area contributed by atoms with Gasteiger partial charge in [0.1, 0.15) is 11.5 Å². The Morgan fingerprint density at radius 2 is 1.70 bits per heavy atom. The fourth-order valence-corrected chi connectivity index (χ4v) is 3.96. The Hall–Kier alpha value is -3.74. The van der Waals surface area contributed by atoms with Gasteiger partial charge in [-0.1, -0.05) is 24.3 Å². The molecular formula is C23H22N6O. The third-order valence-electron chi connectivity index (χ3n) is 5.61. The van der Waals surface area contributed by atoms with Gasteiger partial charge in [-0.3, -0.25) is 9.48 Å². The maximum Gasteiger partial charge on any atom is 0.272 e. The van der Waals surface area contributed by atoms with E-state index in [4.69, 9.17) is 10.7 Å². The number of amides is 1. The summed E-state index contributed by atoms with van der Waals surface area (Å²) in [6.45, 7) is 1.58. The van der Waals surface area contributed by atoms with Crippen molar-refractivity contribution in [1.82, 2.24) is 24.6 Å². The maximum absolute atomic E-state index is 12.8. The van der Waals surface area contributed by atoms with Crippen molar-refractivity contribution in [3.63, 3.8) is 0 Å². The minimum atomic E-state index is -0.0253. The molecule has 5 rings (SSSR count). The number of fused-ring (bicyclic) bond motifs is 1. The van der Waals surface area contributed by atoms with Crippen LogP contribution in [0.3, 0.4) is 0 Å². The van der Waals surface area contributed by atoms with Crippen molar-refractivity contribution in [2.45, 2.75) is 12.8 Å². The zero-order valence-electron chi connectivity index (χ0n) is 16.7. The molecule has 1 aliphatic rings. The van der Waals surface area contributed by atoms with E-state index in [2.05, 4.69) is 10.1 Å². The predicted molar refractivity (Wildman–Crippen MR) is 117 cm³/mol. The van der Waals surface area contributed by atoms with Gasteiger partial charge in [0.15, 0.2) is 0 Å². The average molecular weight is 398 g/mol. The summed E-state index contributed by atoms with van der Waals surface area (Å²) in [6, 6.07) is 11.8. The summed E-state index contributed by atoms with van der Waals surface area (Å²) in [5.74, 6) is 0.385. The van der Waals surface area contributed by atoms with Crippen LogP contribution in [0.2, 0.25) is 0 Å². The molecular weight excluding hydrogens is 376 g/mol. The third-order valence-corrected chi connectivity index (χ3v) is 5.61. The predicted octanol–water partition coefficient (Wildman–Crippen LogP) is 3.52. The van der Waals surface area contributed by atoms with Gasteiger partial charge in [0.25, 0.3) is 5.91 Å².